The predicted molar refractivity (Wildman–Crippen MR) is 143 cm³/mol. The first-order chi connectivity index (χ1) is 17.0. The van der Waals surface area contributed by atoms with Crippen molar-refractivity contribution in [2.75, 3.05) is 6.61 Å². The fourth-order valence-electron chi connectivity index (χ4n) is 3.84. The Bertz CT molecular complexity index is 698. The third kappa shape index (κ3) is 15.5. The molecule has 0 bridgehead atoms. The van der Waals surface area contributed by atoms with Crippen LogP contribution in [0.5, 0.6) is 17.2 Å². The number of hydrogen-bond acceptors (Lipinski definition) is 5. The van der Waals surface area contributed by atoms with E-state index >= 15 is 0 Å². The van der Waals surface area contributed by atoms with E-state index in [0.29, 0.717) is 31.1 Å². The van der Waals surface area contributed by atoms with E-state index in [1.54, 1.807) is 18.2 Å². The monoisotopic (exact) mass is 490 g/mol. The van der Waals surface area contributed by atoms with Crippen molar-refractivity contribution in [3.8, 4) is 17.2 Å². The van der Waals surface area contributed by atoms with E-state index in [0.717, 1.165) is 38.5 Å². The van der Waals surface area contributed by atoms with E-state index in [1.807, 2.05) is 0 Å². The number of unbranched alkanes of at least 4 members (excludes halogenated alkanes) is 12. The van der Waals surface area contributed by atoms with Crippen molar-refractivity contribution >= 4 is 11.9 Å². The van der Waals surface area contributed by atoms with Gasteiger partial charge in [-0.3, -0.25) is 9.59 Å². The number of carbonyl (C=O) groups is 2. The second-order valence-electron chi connectivity index (χ2n) is 9.98. The minimum atomic E-state index is -0.316. The van der Waals surface area contributed by atoms with Gasteiger partial charge in [-0.1, -0.05) is 111 Å². The van der Waals surface area contributed by atoms with Crippen molar-refractivity contribution < 1.29 is 23.8 Å². The zero-order valence-electron chi connectivity index (χ0n) is 22.9. The lowest BCUT2D eigenvalue weighted by Gasteiger charge is -2.16. The van der Waals surface area contributed by atoms with Gasteiger partial charge in [0, 0.05) is 12.8 Å². The molecule has 1 rings (SSSR count). The molecule has 0 saturated carbocycles. The molecular weight excluding hydrogens is 440 g/mol. The first-order valence-electron chi connectivity index (χ1n) is 14.1. The van der Waals surface area contributed by atoms with Crippen LogP contribution in [0.4, 0.5) is 0 Å². The van der Waals surface area contributed by atoms with Crippen molar-refractivity contribution in [2.24, 2.45) is 5.92 Å². The zero-order chi connectivity index (χ0) is 25.7. The molecule has 5 nitrogen and oxygen atoms in total. The summed E-state index contributed by atoms with van der Waals surface area (Å²) in [6.45, 7) is 9.01. The zero-order valence-corrected chi connectivity index (χ0v) is 22.9. The lowest BCUT2D eigenvalue weighted by Crippen LogP contribution is -2.14. The van der Waals surface area contributed by atoms with Gasteiger partial charge in [0.25, 0.3) is 0 Å². The SMILES string of the molecule is CCCCCCCCCC(=O)Oc1cccc(OCC(C)C)c1OC(=O)CCCCCCCCC. The van der Waals surface area contributed by atoms with Crippen LogP contribution in [-0.4, -0.2) is 18.5 Å². The molecule has 0 saturated heterocycles. The largest absolute Gasteiger partial charge is 0.489 e. The Kier molecular flexibility index (Phi) is 17.9. The van der Waals surface area contributed by atoms with E-state index in [-0.39, 0.29) is 23.4 Å². The van der Waals surface area contributed by atoms with Crippen LogP contribution in [0.1, 0.15) is 130 Å². The standard InChI is InChI=1S/C30H50O5/c1-5-7-9-11-13-15-17-22-28(31)34-27-21-19-20-26(33-24-25(3)4)30(27)35-29(32)23-18-16-14-12-10-8-6-2/h19-21,25H,5-18,22-24H2,1-4H3. The normalized spacial score (nSPS) is 11.0. The topological polar surface area (TPSA) is 61.8 Å². The van der Waals surface area contributed by atoms with Gasteiger partial charge in [-0.15, -0.1) is 0 Å². The van der Waals surface area contributed by atoms with Gasteiger partial charge in [0.05, 0.1) is 6.61 Å². The van der Waals surface area contributed by atoms with Crippen molar-refractivity contribution in [3.05, 3.63) is 18.2 Å². The highest BCUT2D eigenvalue weighted by atomic mass is 16.6. The van der Waals surface area contributed by atoms with Crippen LogP contribution in [0, 0.1) is 5.92 Å². The fraction of sp³-hybridized carbons (Fsp3) is 0.733. The molecule has 35 heavy (non-hydrogen) atoms. The molecule has 1 aromatic rings. The van der Waals surface area contributed by atoms with Crippen LogP contribution in [-0.2, 0) is 9.59 Å². The molecule has 0 radical (unpaired) electrons. The number of carbonyl (C=O) groups excluding carboxylic acids is 2. The summed E-state index contributed by atoms with van der Waals surface area (Å²) in [4.78, 5) is 25.1. The molecular formula is C30H50O5. The lowest BCUT2D eigenvalue weighted by atomic mass is 10.1. The van der Waals surface area contributed by atoms with Gasteiger partial charge in [-0.05, 0) is 30.9 Å². The highest BCUT2D eigenvalue weighted by Gasteiger charge is 2.19. The maximum Gasteiger partial charge on any atom is 0.311 e. The molecule has 200 valence electrons. The minimum Gasteiger partial charge on any atom is -0.489 e. The molecule has 0 aromatic heterocycles. The summed E-state index contributed by atoms with van der Waals surface area (Å²) in [5.74, 6) is 0.608. The molecule has 0 fully saturated rings. The first kappa shape index (κ1) is 31.0. The van der Waals surface area contributed by atoms with Gasteiger partial charge >= 0.3 is 11.9 Å². The van der Waals surface area contributed by atoms with E-state index in [1.165, 1.54) is 51.4 Å². The number of esters is 2. The average Bonchev–Trinajstić information content (AvgIpc) is 2.83. The van der Waals surface area contributed by atoms with E-state index in [2.05, 4.69) is 27.7 Å². The van der Waals surface area contributed by atoms with Crippen LogP contribution in [0.2, 0.25) is 0 Å². The Morgan fingerprint density at radius 2 is 1.11 bits per heavy atom. The highest BCUT2D eigenvalue weighted by molar-refractivity contribution is 5.77. The third-order valence-corrected chi connectivity index (χ3v) is 5.92. The maximum atomic E-state index is 12.6. The summed E-state index contributed by atoms with van der Waals surface area (Å²) in [5.41, 5.74) is 0. The van der Waals surface area contributed by atoms with Crippen molar-refractivity contribution in [1.29, 1.82) is 0 Å². The molecule has 0 atom stereocenters. The second kappa shape index (κ2) is 20.2. The summed E-state index contributed by atoms with van der Waals surface area (Å²) in [7, 11) is 0. The molecule has 5 heteroatoms. The van der Waals surface area contributed by atoms with Gasteiger partial charge in [0.15, 0.2) is 11.5 Å². The number of hydrogen-bond donors (Lipinski definition) is 0. The van der Waals surface area contributed by atoms with Crippen LogP contribution < -0.4 is 14.2 Å². The quantitative estimate of drug-likeness (QED) is 0.0978. The summed E-state index contributed by atoms with van der Waals surface area (Å²) in [5, 5.41) is 0. The minimum absolute atomic E-state index is 0.217. The summed E-state index contributed by atoms with van der Waals surface area (Å²) < 4.78 is 17.2. The number of para-hydroxylation sites is 1. The van der Waals surface area contributed by atoms with Gasteiger partial charge < -0.3 is 14.2 Å². The Morgan fingerprint density at radius 3 is 1.63 bits per heavy atom. The lowest BCUT2D eigenvalue weighted by molar-refractivity contribution is -0.137. The Morgan fingerprint density at radius 1 is 0.657 bits per heavy atom. The van der Waals surface area contributed by atoms with E-state index in [4.69, 9.17) is 14.2 Å². The van der Waals surface area contributed by atoms with Gasteiger partial charge in [-0.2, -0.15) is 0 Å². The van der Waals surface area contributed by atoms with E-state index < -0.39 is 0 Å². The van der Waals surface area contributed by atoms with Crippen LogP contribution in [0.25, 0.3) is 0 Å². The van der Waals surface area contributed by atoms with Crippen LogP contribution in [0.15, 0.2) is 18.2 Å². The summed E-state index contributed by atoms with van der Waals surface area (Å²) in [6, 6.07) is 5.19. The Balaban J connectivity index is 2.62. The third-order valence-electron chi connectivity index (χ3n) is 5.92. The maximum absolute atomic E-state index is 12.6. The molecule has 0 aliphatic heterocycles. The average molecular weight is 491 g/mol. The Hall–Kier alpha value is -2.04. The summed E-state index contributed by atoms with van der Waals surface area (Å²) in [6.07, 6.45) is 16.6. The predicted octanol–water partition coefficient (Wildman–Crippen LogP) is 8.81. The molecule has 0 spiro atoms. The Labute approximate surface area is 214 Å². The number of rotatable bonds is 21. The fourth-order valence-corrected chi connectivity index (χ4v) is 3.84. The van der Waals surface area contributed by atoms with Crippen molar-refractivity contribution in [2.45, 2.75) is 130 Å². The molecule has 0 aliphatic rings. The highest BCUT2D eigenvalue weighted by Crippen LogP contribution is 2.38. The molecule has 0 heterocycles. The number of benzene rings is 1. The molecule has 1 aromatic carbocycles. The van der Waals surface area contributed by atoms with Gasteiger partial charge in [0.1, 0.15) is 0 Å². The summed E-state index contributed by atoms with van der Waals surface area (Å²) >= 11 is 0. The first-order valence-corrected chi connectivity index (χ1v) is 14.1. The molecule has 0 amide bonds. The van der Waals surface area contributed by atoms with Crippen LogP contribution in [0.3, 0.4) is 0 Å². The van der Waals surface area contributed by atoms with E-state index in [9.17, 15) is 9.59 Å². The van der Waals surface area contributed by atoms with Gasteiger partial charge in [-0.25, -0.2) is 0 Å². The number of ether oxygens (including phenoxy) is 3. The second-order valence-corrected chi connectivity index (χ2v) is 9.98. The van der Waals surface area contributed by atoms with Crippen LogP contribution >= 0.6 is 0 Å². The smallest absolute Gasteiger partial charge is 0.311 e. The molecule has 0 aliphatic carbocycles. The van der Waals surface area contributed by atoms with Crippen molar-refractivity contribution in [3.63, 3.8) is 0 Å². The van der Waals surface area contributed by atoms with Crippen molar-refractivity contribution in [1.82, 2.24) is 0 Å². The molecule has 0 N–H and O–H groups in total. The van der Waals surface area contributed by atoms with Gasteiger partial charge in [0.2, 0.25) is 5.75 Å². The molecule has 0 unspecified atom stereocenters.